The number of fused-ring (bicyclic) bond motifs is 1. The largest absolute Gasteiger partial charge is 0.504 e. The molecule has 1 aromatic heterocycles. The minimum Gasteiger partial charge on any atom is -0.504 e. The van der Waals surface area contributed by atoms with Crippen molar-refractivity contribution in [2.75, 3.05) is 25.1 Å². The first kappa shape index (κ1) is 17.6. The number of benzene rings is 2. The molecule has 0 saturated carbocycles. The van der Waals surface area contributed by atoms with Gasteiger partial charge >= 0.3 is 0 Å². The standard InChI is InChI=1S/C20H22FN3O3/c1-4-22-12-5-6-15-14(8-12)23-19(24(15)20(3)9-27-10-20)13-7-11(2)17(25)18(26)16(13)21/h5-8,22,25-26H,4,9-10H2,1-3H3. The molecule has 1 aliphatic heterocycles. The molecule has 1 saturated heterocycles. The van der Waals surface area contributed by atoms with E-state index in [-0.39, 0.29) is 11.1 Å². The van der Waals surface area contributed by atoms with Crippen LogP contribution in [0.3, 0.4) is 0 Å². The maximum Gasteiger partial charge on any atom is 0.195 e. The first-order valence-corrected chi connectivity index (χ1v) is 8.91. The fourth-order valence-electron chi connectivity index (χ4n) is 3.58. The molecule has 6 nitrogen and oxygen atoms in total. The average Bonchev–Trinajstić information content (AvgIpc) is 3.00. The van der Waals surface area contributed by atoms with Crippen molar-refractivity contribution < 1.29 is 19.3 Å². The van der Waals surface area contributed by atoms with Gasteiger partial charge in [0.05, 0.1) is 35.3 Å². The van der Waals surface area contributed by atoms with Crippen LogP contribution in [-0.2, 0) is 10.3 Å². The summed E-state index contributed by atoms with van der Waals surface area (Å²) in [5.41, 5.74) is 2.69. The van der Waals surface area contributed by atoms with Crippen molar-refractivity contribution >= 4 is 16.7 Å². The lowest BCUT2D eigenvalue weighted by molar-refractivity contribution is -0.0868. The summed E-state index contributed by atoms with van der Waals surface area (Å²) in [5, 5.41) is 23.1. The van der Waals surface area contributed by atoms with Gasteiger partial charge in [-0.3, -0.25) is 0 Å². The van der Waals surface area contributed by atoms with E-state index < -0.39 is 17.3 Å². The maximum absolute atomic E-state index is 14.8. The number of nitrogens with zero attached hydrogens (tertiary/aromatic N) is 2. The molecule has 0 amide bonds. The van der Waals surface area contributed by atoms with Crippen LogP contribution in [0.2, 0.25) is 0 Å². The fourth-order valence-corrected chi connectivity index (χ4v) is 3.58. The first-order chi connectivity index (χ1) is 12.9. The molecule has 0 spiro atoms. The molecule has 2 heterocycles. The molecule has 0 unspecified atom stereocenters. The minimum atomic E-state index is -0.884. The van der Waals surface area contributed by atoms with E-state index in [9.17, 15) is 14.6 Å². The second-order valence-electron chi connectivity index (χ2n) is 7.25. The van der Waals surface area contributed by atoms with Gasteiger partial charge in [-0.05, 0) is 50.6 Å². The number of nitrogens with one attached hydrogen (secondary N) is 1. The Morgan fingerprint density at radius 3 is 2.63 bits per heavy atom. The van der Waals surface area contributed by atoms with Crippen molar-refractivity contribution in [3.05, 3.63) is 35.6 Å². The van der Waals surface area contributed by atoms with Crippen molar-refractivity contribution in [2.45, 2.75) is 26.3 Å². The predicted octanol–water partition coefficient (Wildman–Crippen LogP) is 3.74. The molecule has 1 fully saturated rings. The number of ether oxygens (including phenoxy) is 1. The zero-order valence-electron chi connectivity index (χ0n) is 15.5. The second-order valence-corrected chi connectivity index (χ2v) is 7.25. The zero-order chi connectivity index (χ0) is 19.3. The molecule has 3 aromatic rings. The van der Waals surface area contributed by atoms with Crippen LogP contribution in [0.25, 0.3) is 22.4 Å². The highest BCUT2D eigenvalue weighted by Gasteiger charge is 2.39. The van der Waals surface area contributed by atoms with Gasteiger partial charge in [0.2, 0.25) is 0 Å². The molecule has 3 N–H and O–H groups in total. The van der Waals surface area contributed by atoms with E-state index >= 15 is 0 Å². The summed E-state index contributed by atoms with van der Waals surface area (Å²) in [4.78, 5) is 4.68. The van der Waals surface area contributed by atoms with Crippen molar-refractivity contribution in [2.24, 2.45) is 0 Å². The normalized spacial score (nSPS) is 15.7. The van der Waals surface area contributed by atoms with Crippen LogP contribution in [0.5, 0.6) is 11.5 Å². The summed E-state index contributed by atoms with van der Waals surface area (Å²) in [6.07, 6.45) is 0. The Balaban J connectivity index is 2.01. The number of phenols is 2. The molecule has 0 bridgehead atoms. The number of phenolic OH excluding ortho intramolecular Hbond substituents is 2. The molecular formula is C20H22FN3O3. The average molecular weight is 371 g/mol. The molecule has 2 aromatic carbocycles. The Hall–Kier alpha value is -2.80. The third-order valence-electron chi connectivity index (χ3n) is 5.05. The van der Waals surface area contributed by atoms with E-state index in [2.05, 4.69) is 10.3 Å². The van der Waals surface area contributed by atoms with E-state index in [0.717, 1.165) is 23.3 Å². The van der Waals surface area contributed by atoms with Crippen LogP contribution >= 0.6 is 0 Å². The Kier molecular flexibility index (Phi) is 3.99. The second kappa shape index (κ2) is 6.13. The smallest absolute Gasteiger partial charge is 0.195 e. The topological polar surface area (TPSA) is 79.5 Å². The number of halogens is 1. The molecule has 4 rings (SSSR count). The predicted molar refractivity (Wildman–Crippen MR) is 102 cm³/mol. The van der Waals surface area contributed by atoms with Gasteiger partial charge in [0.1, 0.15) is 5.82 Å². The van der Waals surface area contributed by atoms with Gasteiger partial charge in [-0.2, -0.15) is 0 Å². The number of anilines is 1. The van der Waals surface area contributed by atoms with E-state index in [0.29, 0.717) is 24.6 Å². The summed E-state index contributed by atoms with van der Waals surface area (Å²) in [6, 6.07) is 7.36. The Labute approximate surface area is 156 Å². The van der Waals surface area contributed by atoms with E-state index in [4.69, 9.17) is 4.74 Å². The van der Waals surface area contributed by atoms with E-state index in [1.54, 1.807) is 6.92 Å². The number of hydrogen-bond acceptors (Lipinski definition) is 5. The third kappa shape index (κ3) is 2.61. The molecule has 0 radical (unpaired) electrons. The van der Waals surface area contributed by atoms with Crippen LogP contribution in [0.1, 0.15) is 19.4 Å². The molecule has 142 valence electrons. The number of hydrogen-bond donors (Lipinski definition) is 3. The molecule has 27 heavy (non-hydrogen) atoms. The monoisotopic (exact) mass is 371 g/mol. The third-order valence-corrected chi connectivity index (χ3v) is 5.05. The van der Waals surface area contributed by atoms with Gasteiger partial charge in [-0.15, -0.1) is 0 Å². The first-order valence-electron chi connectivity index (χ1n) is 8.91. The van der Waals surface area contributed by atoms with Crippen LogP contribution < -0.4 is 5.32 Å². The van der Waals surface area contributed by atoms with Gasteiger partial charge < -0.3 is 24.8 Å². The molecule has 1 aliphatic rings. The quantitative estimate of drug-likeness (QED) is 0.609. The highest BCUT2D eigenvalue weighted by Crippen LogP contribution is 2.41. The number of imidazole rings is 1. The van der Waals surface area contributed by atoms with Gasteiger partial charge in [-0.25, -0.2) is 9.37 Å². The Morgan fingerprint density at radius 1 is 1.26 bits per heavy atom. The molecule has 0 aliphatic carbocycles. The van der Waals surface area contributed by atoms with Crippen molar-refractivity contribution in [1.29, 1.82) is 0 Å². The Morgan fingerprint density at radius 2 is 2.00 bits per heavy atom. The van der Waals surface area contributed by atoms with Crippen LogP contribution in [0, 0.1) is 12.7 Å². The van der Waals surface area contributed by atoms with Crippen molar-refractivity contribution in [3.8, 4) is 22.9 Å². The zero-order valence-corrected chi connectivity index (χ0v) is 15.5. The summed E-state index contributed by atoms with van der Waals surface area (Å²) in [6.45, 7) is 7.42. The van der Waals surface area contributed by atoms with E-state index in [1.165, 1.54) is 6.07 Å². The van der Waals surface area contributed by atoms with Gasteiger partial charge in [0.25, 0.3) is 0 Å². The van der Waals surface area contributed by atoms with Crippen LogP contribution in [0.4, 0.5) is 10.1 Å². The molecular weight excluding hydrogens is 349 g/mol. The summed E-state index contributed by atoms with van der Waals surface area (Å²) >= 11 is 0. The maximum atomic E-state index is 14.8. The lowest BCUT2D eigenvalue weighted by Crippen LogP contribution is -2.49. The SMILES string of the molecule is CCNc1ccc2c(c1)nc(-c1cc(C)c(O)c(O)c1F)n2C1(C)COC1. The Bertz CT molecular complexity index is 1040. The number of rotatable bonds is 4. The van der Waals surface area contributed by atoms with Crippen LogP contribution in [-0.4, -0.2) is 39.5 Å². The van der Waals surface area contributed by atoms with Crippen LogP contribution in [0.15, 0.2) is 24.3 Å². The molecule has 7 heteroatoms. The minimum absolute atomic E-state index is 0.150. The summed E-state index contributed by atoms with van der Waals surface area (Å²) < 4.78 is 22.2. The number of aromatic nitrogens is 2. The lowest BCUT2D eigenvalue weighted by Gasteiger charge is -2.40. The van der Waals surface area contributed by atoms with E-state index in [1.807, 2.05) is 36.6 Å². The van der Waals surface area contributed by atoms with Crippen molar-refractivity contribution in [1.82, 2.24) is 9.55 Å². The number of aryl methyl sites for hydroxylation is 1. The van der Waals surface area contributed by atoms with Crippen molar-refractivity contribution in [3.63, 3.8) is 0 Å². The van der Waals surface area contributed by atoms with Gasteiger partial charge in [-0.1, -0.05) is 0 Å². The number of aromatic hydroxyl groups is 2. The van der Waals surface area contributed by atoms with Gasteiger partial charge in [0.15, 0.2) is 17.3 Å². The fraction of sp³-hybridized carbons (Fsp3) is 0.350. The highest BCUT2D eigenvalue weighted by molar-refractivity contribution is 5.85. The van der Waals surface area contributed by atoms with Gasteiger partial charge in [0, 0.05) is 12.2 Å². The molecule has 0 atom stereocenters. The lowest BCUT2D eigenvalue weighted by atomic mass is 9.98. The summed E-state index contributed by atoms with van der Waals surface area (Å²) in [5.74, 6) is -1.69. The highest BCUT2D eigenvalue weighted by atomic mass is 19.1. The summed E-state index contributed by atoms with van der Waals surface area (Å²) in [7, 11) is 0.